The largest absolute Gasteiger partial charge is 0.483 e. The third kappa shape index (κ3) is 4.43. The molecule has 0 saturated carbocycles. The summed E-state index contributed by atoms with van der Waals surface area (Å²) in [5.41, 5.74) is 3.05. The van der Waals surface area contributed by atoms with Gasteiger partial charge in [0.25, 0.3) is 0 Å². The van der Waals surface area contributed by atoms with Crippen LogP contribution in [0.1, 0.15) is 31.3 Å². The van der Waals surface area contributed by atoms with Gasteiger partial charge in [-0.3, -0.25) is 4.79 Å². The highest BCUT2D eigenvalue weighted by atomic mass is 32.2. The first-order chi connectivity index (χ1) is 12.5. The Morgan fingerprint density at radius 3 is 2.62 bits per heavy atom. The Kier molecular flexibility index (Phi) is 5.94. The highest BCUT2D eigenvalue weighted by molar-refractivity contribution is 7.98. The van der Waals surface area contributed by atoms with Gasteiger partial charge in [-0.2, -0.15) is 0 Å². The van der Waals surface area contributed by atoms with Gasteiger partial charge in [0.15, 0.2) is 11.2 Å². The molecule has 6 heteroatoms. The molecule has 1 aromatic heterocycles. The predicted octanol–water partition coefficient (Wildman–Crippen LogP) is 5.06. The van der Waals surface area contributed by atoms with Gasteiger partial charge in [0.2, 0.25) is 0 Å². The van der Waals surface area contributed by atoms with Crippen molar-refractivity contribution in [3.63, 3.8) is 0 Å². The van der Waals surface area contributed by atoms with E-state index in [2.05, 4.69) is 41.0 Å². The second-order valence-electron chi connectivity index (χ2n) is 6.35. The summed E-state index contributed by atoms with van der Waals surface area (Å²) < 4.78 is 6.01. The molecule has 1 N–H and O–H groups in total. The SMILES string of the molecule is CSc1ccc2nc(C(C)Oc3ccc(CC(C)C(=O)S)cc3)[nH]c2c1. The predicted molar refractivity (Wildman–Crippen MR) is 110 cm³/mol. The monoisotopic (exact) mass is 386 g/mol. The molecule has 0 bridgehead atoms. The molecule has 0 spiro atoms. The molecule has 2 atom stereocenters. The normalized spacial score (nSPS) is 13.5. The number of rotatable bonds is 7. The first-order valence-corrected chi connectivity index (χ1v) is 10.2. The van der Waals surface area contributed by atoms with Crippen molar-refractivity contribution < 1.29 is 9.53 Å². The number of ether oxygens (including phenoxy) is 1. The van der Waals surface area contributed by atoms with Gasteiger partial charge in [0.05, 0.1) is 11.0 Å². The summed E-state index contributed by atoms with van der Waals surface area (Å²) in [6.07, 6.45) is 2.55. The Bertz CT molecular complexity index is 906. The molecule has 136 valence electrons. The van der Waals surface area contributed by atoms with E-state index in [0.29, 0.717) is 6.42 Å². The van der Waals surface area contributed by atoms with E-state index >= 15 is 0 Å². The lowest BCUT2D eigenvalue weighted by molar-refractivity contribution is -0.113. The van der Waals surface area contributed by atoms with Gasteiger partial charge >= 0.3 is 0 Å². The minimum absolute atomic E-state index is 0.0894. The van der Waals surface area contributed by atoms with Crippen molar-refractivity contribution in [3.8, 4) is 5.75 Å². The maximum Gasteiger partial charge on any atom is 0.189 e. The zero-order chi connectivity index (χ0) is 18.7. The molecule has 0 aliphatic heterocycles. The first kappa shape index (κ1) is 18.9. The molecule has 0 radical (unpaired) electrons. The summed E-state index contributed by atoms with van der Waals surface area (Å²) >= 11 is 5.59. The Hall–Kier alpha value is -1.92. The number of aromatic nitrogens is 2. The molecule has 26 heavy (non-hydrogen) atoms. The van der Waals surface area contributed by atoms with Crippen molar-refractivity contribution in [2.45, 2.75) is 31.3 Å². The van der Waals surface area contributed by atoms with E-state index in [1.54, 1.807) is 11.8 Å². The van der Waals surface area contributed by atoms with Gasteiger partial charge in [-0.1, -0.05) is 19.1 Å². The number of benzene rings is 2. The van der Waals surface area contributed by atoms with E-state index in [-0.39, 0.29) is 17.1 Å². The third-order valence-electron chi connectivity index (χ3n) is 4.29. The summed E-state index contributed by atoms with van der Waals surface area (Å²) in [5, 5.41) is -0.0894. The summed E-state index contributed by atoms with van der Waals surface area (Å²) in [4.78, 5) is 20.4. The molecule has 4 nitrogen and oxygen atoms in total. The fraction of sp³-hybridized carbons (Fsp3) is 0.300. The topological polar surface area (TPSA) is 55.0 Å². The molecule has 3 rings (SSSR count). The fourth-order valence-electron chi connectivity index (χ4n) is 2.73. The number of nitrogens with one attached hydrogen (secondary N) is 1. The van der Waals surface area contributed by atoms with Crippen molar-refractivity contribution >= 4 is 40.5 Å². The molecule has 0 aliphatic rings. The van der Waals surface area contributed by atoms with E-state index < -0.39 is 0 Å². The standard InChI is InChI=1S/C20H22N2O2S2/c1-12(20(23)25)10-14-4-6-15(7-5-14)24-13(2)19-21-17-9-8-16(26-3)11-18(17)22-19/h4-9,11-13H,10H2,1-3H3,(H,21,22)(H,23,25). The van der Waals surface area contributed by atoms with Crippen molar-refractivity contribution in [1.82, 2.24) is 9.97 Å². The number of thioether (sulfide) groups is 1. The van der Waals surface area contributed by atoms with Crippen LogP contribution < -0.4 is 4.74 Å². The van der Waals surface area contributed by atoms with E-state index in [1.807, 2.05) is 44.2 Å². The smallest absolute Gasteiger partial charge is 0.189 e. The van der Waals surface area contributed by atoms with E-state index in [1.165, 1.54) is 4.90 Å². The highest BCUT2D eigenvalue weighted by Crippen LogP contribution is 2.25. The van der Waals surface area contributed by atoms with Crippen LogP contribution in [0.5, 0.6) is 5.75 Å². The average molecular weight is 387 g/mol. The second kappa shape index (κ2) is 8.18. The Morgan fingerprint density at radius 1 is 1.23 bits per heavy atom. The van der Waals surface area contributed by atoms with Gasteiger partial charge in [-0.25, -0.2) is 4.98 Å². The van der Waals surface area contributed by atoms with Gasteiger partial charge < -0.3 is 9.72 Å². The van der Waals surface area contributed by atoms with Crippen LogP contribution in [0.25, 0.3) is 11.0 Å². The van der Waals surface area contributed by atoms with E-state index in [9.17, 15) is 4.79 Å². The quantitative estimate of drug-likeness (QED) is 0.440. The Labute approximate surface area is 163 Å². The molecule has 0 fully saturated rings. The van der Waals surface area contributed by atoms with Gasteiger partial charge in [0, 0.05) is 10.8 Å². The Morgan fingerprint density at radius 2 is 1.96 bits per heavy atom. The molecular formula is C20H22N2O2S2. The van der Waals surface area contributed by atoms with Crippen LogP contribution in [-0.4, -0.2) is 21.3 Å². The van der Waals surface area contributed by atoms with Crippen molar-refractivity contribution in [2.75, 3.05) is 6.26 Å². The lowest BCUT2D eigenvalue weighted by Crippen LogP contribution is -2.08. The number of H-pyrrole nitrogens is 1. The van der Waals surface area contributed by atoms with E-state index in [0.717, 1.165) is 28.2 Å². The molecule has 3 aromatic rings. The number of aromatic amines is 1. The number of thiol groups is 1. The fourth-order valence-corrected chi connectivity index (χ4v) is 3.26. The van der Waals surface area contributed by atoms with Gasteiger partial charge in [-0.15, -0.1) is 24.4 Å². The van der Waals surface area contributed by atoms with Crippen molar-refractivity contribution in [1.29, 1.82) is 0 Å². The minimum Gasteiger partial charge on any atom is -0.483 e. The van der Waals surface area contributed by atoms with Crippen molar-refractivity contribution in [3.05, 3.63) is 53.9 Å². The maximum absolute atomic E-state index is 11.3. The first-order valence-electron chi connectivity index (χ1n) is 8.48. The zero-order valence-electron chi connectivity index (χ0n) is 15.0. The molecule has 0 saturated heterocycles. The average Bonchev–Trinajstić information content (AvgIpc) is 3.06. The number of fused-ring (bicyclic) bond motifs is 1. The molecular weight excluding hydrogens is 364 g/mol. The van der Waals surface area contributed by atoms with Crippen LogP contribution in [0.4, 0.5) is 0 Å². The van der Waals surface area contributed by atoms with Crippen LogP contribution in [0.15, 0.2) is 47.4 Å². The van der Waals surface area contributed by atoms with Gasteiger partial charge in [-0.05, 0) is 55.5 Å². The number of carbonyl (C=O) groups is 1. The summed E-state index contributed by atoms with van der Waals surface area (Å²) in [7, 11) is 0. The zero-order valence-corrected chi connectivity index (χ0v) is 16.7. The van der Waals surface area contributed by atoms with Crippen molar-refractivity contribution in [2.24, 2.45) is 5.92 Å². The number of hydrogen-bond acceptors (Lipinski definition) is 4. The molecule has 1 heterocycles. The van der Waals surface area contributed by atoms with Crippen LogP contribution in [0, 0.1) is 5.92 Å². The number of carbonyl (C=O) groups excluding carboxylic acids is 1. The Balaban J connectivity index is 1.69. The molecule has 2 aromatic carbocycles. The number of nitrogens with zero attached hydrogens (tertiary/aromatic N) is 1. The van der Waals surface area contributed by atoms with Crippen LogP contribution in [0.3, 0.4) is 0 Å². The van der Waals surface area contributed by atoms with Crippen LogP contribution in [-0.2, 0) is 11.2 Å². The summed E-state index contributed by atoms with van der Waals surface area (Å²) in [6.45, 7) is 3.86. The summed E-state index contributed by atoms with van der Waals surface area (Å²) in [5.74, 6) is 1.48. The van der Waals surface area contributed by atoms with Crippen LogP contribution >= 0.6 is 24.4 Å². The molecule has 2 unspecified atom stereocenters. The highest BCUT2D eigenvalue weighted by Gasteiger charge is 2.14. The lowest BCUT2D eigenvalue weighted by Gasteiger charge is -2.13. The maximum atomic E-state index is 11.3. The molecule has 0 aliphatic carbocycles. The van der Waals surface area contributed by atoms with E-state index in [4.69, 9.17) is 4.74 Å². The number of imidazole rings is 1. The van der Waals surface area contributed by atoms with Crippen LogP contribution in [0.2, 0.25) is 0 Å². The molecule has 0 amide bonds. The summed E-state index contributed by atoms with van der Waals surface area (Å²) in [6, 6.07) is 14.0. The second-order valence-corrected chi connectivity index (χ2v) is 7.67. The number of hydrogen-bond donors (Lipinski definition) is 2. The lowest BCUT2D eigenvalue weighted by atomic mass is 10.0. The van der Waals surface area contributed by atoms with Gasteiger partial charge in [0.1, 0.15) is 11.6 Å². The third-order valence-corrected chi connectivity index (χ3v) is 5.46. The minimum atomic E-state index is -0.191.